The van der Waals surface area contributed by atoms with Gasteiger partial charge in [0.15, 0.2) is 12.0 Å². The summed E-state index contributed by atoms with van der Waals surface area (Å²) in [5, 5.41) is 11.8. The van der Waals surface area contributed by atoms with Gasteiger partial charge in [0.05, 0.1) is 6.61 Å². The first-order valence-corrected chi connectivity index (χ1v) is 13.4. The van der Waals surface area contributed by atoms with Crippen molar-refractivity contribution in [2.45, 2.75) is 70.5 Å². The summed E-state index contributed by atoms with van der Waals surface area (Å²) in [6, 6.07) is 5.53. The average molecular weight is 538 g/mol. The van der Waals surface area contributed by atoms with Crippen LogP contribution in [-0.2, 0) is 32.9 Å². The number of hydrogen-bond acceptors (Lipinski definition) is 9. The molecular formula is C24H32N3O9P. The number of hydrogen-bond donors (Lipinski definition) is 3. The van der Waals surface area contributed by atoms with Crippen molar-refractivity contribution in [1.29, 1.82) is 0 Å². The second-order valence-electron chi connectivity index (χ2n) is 9.57. The summed E-state index contributed by atoms with van der Waals surface area (Å²) in [5.41, 5.74) is 6.83. The number of carboxylic acid groups (broad SMARTS) is 1. The molecular weight excluding hydrogens is 505 g/mol. The largest absolute Gasteiger partial charge is 0.480 e. The Morgan fingerprint density at radius 3 is 2.59 bits per heavy atom. The highest BCUT2D eigenvalue weighted by Gasteiger charge is 2.57. The summed E-state index contributed by atoms with van der Waals surface area (Å²) in [7, 11) is -4.17. The van der Waals surface area contributed by atoms with E-state index in [1.165, 1.54) is 6.92 Å². The normalized spacial score (nSPS) is 28.8. The van der Waals surface area contributed by atoms with Crippen LogP contribution in [-0.4, -0.2) is 64.9 Å². The van der Waals surface area contributed by atoms with Crippen LogP contribution < -0.4 is 15.3 Å². The molecule has 0 aromatic heterocycles. The number of carboxylic acids is 1. The number of carbonyl (C=O) groups is 2. The summed E-state index contributed by atoms with van der Waals surface area (Å²) in [4.78, 5) is 24.8. The quantitative estimate of drug-likeness (QED) is 0.376. The maximum atomic E-state index is 13.6. The minimum Gasteiger partial charge on any atom is -0.480 e. The molecule has 0 saturated carbocycles. The number of primary amides is 1. The van der Waals surface area contributed by atoms with Crippen molar-refractivity contribution in [2.24, 2.45) is 5.73 Å². The first kappa shape index (κ1) is 27.3. The van der Waals surface area contributed by atoms with Crippen LogP contribution in [0.25, 0.3) is 0 Å². The molecule has 0 spiro atoms. The number of carbonyl (C=O) groups excluding carboxylic acids is 1. The molecule has 12 nitrogen and oxygen atoms in total. The van der Waals surface area contributed by atoms with Gasteiger partial charge >= 0.3 is 13.7 Å². The lowest BCUT2D eigenvalue weighted by Crippen LogP contribution is -2.40. The Balaban J connectivity index is 1.53. The number of aliphatic carboxylic acids is 1. The van der Waals surface area contributed by atoms with Crippen molar-refractivity contribution in [2.75, 3.05) is 6.61 Å². The number of benzene rings is 1. The number of rotatable bonds is 10. The number of aryl methyl sites for hydroxylation is 1. The van der Waals surface area contributed by atoms with Crippen molar-refractivity contribution < 1.29 is 42.5 Å². The van der Waals surface area contributed by atoms with E-state index in [0.29, 0.717) is 12.0 Å². The van der Waals surface area contributed by atoms with E-state index in [1.54, 1.807) is 61.5 Å². The lowest BCUT2D eigenvalue weighted by atomic mass is 10.1. The number of nitrogens with one attached hydrogen (secondary N) is 1. The van der Waals surface area contributed by atoms with Gasteiger partial charge in [0, 0.05) is 18.0 Å². The van der Waals surface area contributed by atoms with E-state index in [9.17, 15) is 19.3 Å². The van der Waals surface area contributed by atoms with E-state index in [-0.39, 0.29) is 12.4 Å². The lowest BCUT2D eigenvalue weighted by Gasteiger charge is -2.31. The van der Waals surface area contributed by atoms with Gasteiger partial charge in [-0.3, -0.25) is 14.1 Å². The third-order valence-corrected chi connectivity index (χ3v) is 7.68. The number of amides is 1. The zero-order valence-electron chi connectivity index (χ0n) is 21.0. The summed E-state index contributed by atoms with van der Waals surface area (Å²) < 4.78 is 43.3. The zero-order chi connectivity index (χ0) is 27.0. The highest BCUT2D eigenvalue weighted by molar-refractivity contribution is 7.52. The van der Waals surface area contributed by atoms with E-state index >= 15 is 0 Å². The van der Waals surface area contributed by atoms with Crippen LogP contribution in [0, 0.1) is 6.92 Å². The highest BCUT2D eigenvalue weighted by atomic mass is 31.2. The lowest BCUT2D eigenvalue weighted by molar-refractivity contribution is -0.201. The molecule has 6 atom stereocenters. The molecule has 2 fully saturated rings. The fourth-order valence-electron chi connectivity index (χ4n) is 4.22. The molecule has 1 aromatic rings. The molecule has 4 N–H and O–H groups in total. The van der Waals surface area contributed by atoms with Crippen molar-refractivity contribution >= 4 is 19.6 Å². The summed E-state index contributed by atoms with van der Waals surface area (Å²) >= 11 is 0. The number of allylic oxidation sites excluding steroid dienone is 1. The van der Waals surface area contributed by atoms with Crippen LogP contribution in [0.5, 0.6) is 5.75 Å². The smallest absolute Gasteiger partial charge is 0.459 e. The molecule has 202 valence electrons. The molecule has 3 heterocycles. The maximum absolute atomic E-state index is 13.6. The predicted molar refractivity (Wildman–Crippen MR) is 131 cm³/mol. The zero-order valence-corrected chi connectivity index (χ0v) is 21.9. The molecule has 3 unspecified atom stereocenters. The van der Waals surface area contributed by atoms with Crippen molar-refractivity contribution in [3.8, 4) is 5.75 Å². The van der Waals surface area contributed by atoms with Gasteiger partial charge in [0.1, 0.15) is 30.1 Å². The molecule has 37 heavy (non-hydrogen) atoms. The Morgan fingerprint density at radius 2 is 1.95 bits per heavy atom. The molecule has 3 aliphatic heterocycles. The molecule has 13 heteroatoms. The fourth-order valence-corrected chi connectivity index (χ4v) is 5.73. The van der Waals surface area contributed by atoms with E-state index < -0.39 is 56.0 Å². The van der Waals surface area contributed by atoms with Crippen LogP contribution in [0.3, 0.4) is 0 Å². The van der Waals surface area contributed by atoms with Crippen LogP contribution >= 0.6 is 7.75 Å². The van der Waals surface area contributed by atoms with Crippen molar-refractivity contribution in [1.82, 2.24) is 9.99 Å². The third-order valence-electron chi connectivity index (χ3n) is 6.03. The number of ether oxygens (including phenoxy) is 3. The molecule has 3 aliphatic rings. The van der Waals surface area contributed by atoms with Crippen LogP contribution in [0.2, 0.25) is 0 Å². The monoisotopic (exact) mass is 537 g/mol. The Morgan fingerprint density at radius 1 is 1.27 bits per heavy atom. The van der Waals surface area contributed by atoms with E-state index in [0.717, 1.165) is 5.56 Å². The van der Waals surface area contributed by atoms with Gasteiger partial charge < -0.3 is 34.5 Å². The molecule has 0 radical (unpaired) electrons. The molecule has 0 aliphatic carbocycles. The van der Waals surface area contributed by atoms with Crippen LogP contribution in [0.15, 0.2) is 48.3 Å². The molecule has 1 aromatic carbocycles. The highest BCUT2D eigenvalue weighted by Crippen LogP contribution is 2.47. The number of nitrogens with zero attached hydrogens (tertiary/aromatic N) is 1. The molecule has 4 rings (SSSR count). The third kappa shape index (κ3) is 6.40. The van der Waals surface area contributed by atoms with Crippen molar-refractivity contribution in [3.05, 3.63) is 53.9 Å². The average Bonchev–Trinajstić information content (AvgIpc) is 3.32. The maximum Gasteiger partial charge on any atom is 0.459 e. The van der Waals surface area contributed by atoms with Gasteiger partial charge in [-0.25, -0.2) is 4.57 Å². The van der Waals surface area contributed by atoms with Gasteiger partial charge in [0.2, 0.25) is 5.91 Å². The van der Waals surface area contributed by atoms with Gasteiger partial charge in [-0.1, -0.05) is 23.8 Å². The minimum absolute atomic E-state index is 0.242. The van der Waals surface area contributed by atoms with Gasteiger partial charge in [-0.2, -0.15) is 5.09 Å². The van der Waals surface area contributed by atoms with E-state index in [1.807, 2.05) is 6.92 Å². The Labute approximate surface area is 214 Å². The summed E-state index contributed by atoms with van der Waals surface area (Å²) in [6.07, 6.45) is 2.92. The second kappa shape index (κ2) is 10.6. The standard InChI is InChI=1S/C24H32N3O9P/c1-14-7-9-17(10-8-14)36-37(31,26-15(2)23(29)30)32-13-18-19-20(35-24(3,4)34-19)22(33-18)27-11-5-6-16(12-27)21(25)28/h5,7-12,15,18-20,22H,6,13H2,1-4H3,(H2,25,28)(H,26,31)(H,29,30)/t15?,18?,19-,20-,22-,37?/m1/s1. The van der Waals surface area contributed by atoms with Crippen molar-refractivity contribution in [3.63, 3.8) is 0 Å². The first-order valence-electron chi connectivity index (χ1n) is 11.8. The Kier molecular flexibility index (Phi) is 7.80. The molecule has 2 saturated heterocycles. The van der Waals surface area contributed by atoms with E-state index in [2.05, 4.69) is 5.09 Å². The Bertz CT molecular complexity index is 1140. The van der Waals surface area contributed by atoms with Gasteiger partial charge in [-0.15, -0.1) is 0 Å². The topological polar surface area (TPSA) is 159 Å². The van der Waals surface area contributed by atoms with Crippen LogP contribution in [0.4, 0.5) is 0 Å². The molecule has 1 amide bonds. The minimum atomic E-state index is -4.17. The number of nitrogens with two attached hydrogens (primary N) is 1. The second-order valence-corrected chi connectivity index (χ2v) is 11.3. The van der Waals surface area contributed by atoms with Crippen LogP contribution in [0.1, 0.15) is 32.8 Å². The SMILES string of the molecule is Cc1ccc(OP(=O)(NC(C)C(=O)O)OCC2O[C@@H](N3C=CCC(C(N)=O)=C3)[C@@H]3OC(C)(C)O[C@H]23)cc1. The van der Waals surface area contributed by atoms with E-state index in [4.69, 9.17) is 29.0 Å². The fraction of sp³-hybridized carbons (Fsp3) is 0.500. The molecule has 0 bridgehead atoms. The first-order chi connectivity index (χ1) is 17.4. The van der Waals surface area contributed by atoms with Gasteiger partial charge in [-0.05, 0) is 46.2 Å². The number of fused-ring (bicyclic) bond motifs is 1. The summed E-state index contributed by atoms with van der Waals surface area (Å²) in [5.74, 6) is -2.45. The van der Waals surface area contributed by atoms with Gasteiger partial charge in [0.25, 0.3) is 0 Å². The summed E-state index contributed by atoms with van der Waals surface area (Å²) in [6.45, 7) is 6.48. The Hall–Kier alpha value is -2.73. The predicted octanol–water partition coefficient (Wildman–Crippen LogP) is 2.39.